The molecule has 4 heteroatoms. The van der Waals surface area contributed by atoms with Crippen molar-refractivity contribution in [2.75, 3.05) is 7.11 Å². The number of methoxy groups -OCH3 is 1. The minimum atomic E-state index is -0.933. The predicted molar refractivity (Wildman–Crippen MR) is 65.4 cm³/mol. The van der Waals surface area contributed by atoms with E-state index in [1.807, 2.05) is 13.8 Å². The Kier molecular flexibility index (Phi) is 4.96. The highest BCUT2D eigenvalue weighted by Gasteiger charge is 2.19. The van der Waals surface area contributed by atoms with Gasteiger partial charge >= 0.3 is 0 Å². The number of benzene rings is 1. The van der Waals surface area contributed by atoms with E-state index in [-0.39, 0.29) is 29.8 Å². The van der Waals surface area contributed by atoms with Crippen molar-refractivity contribution in [2.24, 2.45) is 0 Å². The molecule has 0 aromatic heterocycles. The molecule has 100 valence electrons. The Balaban J connectivity index is 2.58. The van der Waals surface area contributed by atoms with Crippen LogP contribution in [0.4, 0.5) is 8.78 Å². The molecule has 0 saturated carbocycles. The van der Waals surface area contributed by atoms with Crippen LogP contribution >= 0.6 is 0 Å². The molecule has 1 aromatic carbocycles. The highest BCUT2D eigenvalue weighted by molar-refractivity contribution is 5.80. The number of Topliss-reactive ketones (excluding diaryl/α,β-unsaturated/α-hetero) is 1. The second kappa shape index (κ2) is 6.05. The molecule has 0 aliphatic rings. The number of ether oxygens (including phenoxy) is 1. The zero-order valence-electron chi connectivity index (χ0n) is 10.9. The molecule has 1 rings (SSSR count). The molecule has 0 amide bonds. The average Bonchev–Trinajstić information content (AvgIpc) is 2.33. The van der Waals surface area contributed by atoms with Gasteiger partial charge in [0.25, 0.3) is 0 Å². The molecule has 18 heavy (non-hydrogen) atoms. The summed E-state index contributed by atoms with van der Waals surface area (Å²) in [5, 5.41) is 0. The van der Waals surface area contributed by atoms with Crippen LogP contribution in [0.2, 0.25) is 0 Å². The van der Waals surface area contributed by atoms with Gasteiger partial charge in [0.1, 0.15) is 5.78 Å². The fourth-order valence-corrected chi connectivity index (χ4v) is 1.53. The van der Waals surface area contributed by atoms with E-state index in [4.69, 9.17) is 4.74 Å². The minimum absolute atomic E-state index is 0.0800. The van der Waals surface area contributed by atoms with Crippen LogP contribution in [-0.2, 0) is 16.0 Å². The summed E-state index contributed by atoms with van der Waals surface area (Å²) in [6.07, 6.45) is 0.763. The Labute approximate surface area is 106 Å². The summed E-state index contributed by atoms with van der Waals surface area (Å²) in [6, 6.07) is 3.87. The van der Waals surface area contributed by atoms with Gasteiger partial charge in [0.05, 0.1) is 5.60 Å². The lowest BCUT2D eigenvalue weighted by Gasteiger charge is -2.22. The van der Waals surface area contributed by atoms with Gasteiger partial charge in [-0.1, -0.05) is 12.1 Å². The lowest BCUT2D eigenvalue weighted by molar-refractivity contribution is -0.119. The van der Waals surface area contributed by atoms with Crippen molar-refractivity contribution >= 4 is 5.78 Å². The maximum Gasteiger partial charge on any atom is 0.162 e. The topological polar surface area (TPSA) is 26.3 Å². The number of hydrogen-bond acceptors (Lipinski definition) is 2. The van der Waals surface area contributed by atoms with Gasteiger partial charge in [-0.2, -0.15) is 0 Å². The van der Waals surface area contributed by atoms with Crippen molar-refractivity contribution in [3.63, 3.8) is 0 Å². The molecule has 0 fully saturated rings. The summed E-state index contributed by atoms with van der Waals surface area (Å²) in [6.45, 7) is 3.76. The minimum Gasteiger partial charge on any atom is -0.379 e. The predicted octanol–water partition coefficient (Wildman–Crippen LogP) is 3.28. The summed E-state index contributed by atoms with van der Waals surface area (Å²) in [4.78, 5) is 11.7. The Morgan fingerprint density at radius 1 is 1.33 bits per heavy atom. The molecular formula is C14H18F2O2. The van der Waals surface area contributed by atoms with Crippen molar-refractivity contribution < 1.29 is 18.3 Å². The molecule has 0 radical (unpaired) electrons. The highest BCUT2D eigenvalue weighted by Crippen LogP contribution is 2.18. The van der Waals surface area contributed by atoms with E-state index in [1.54, 1.807) is 7.11 Å². The maximum absolute atomic E-state index is 13.4. The maximum atomic E-state index is 13.4. The van der Waals surface area contributed by atoms with Crippen molar-refractivity contribution in [2.45, 2.75) is 38.7 Å². The fraction of sp³-hybridized carbons (Fsp3) is 0.500. The van der Waals surface area contributed by atoms with Gasteiger partial charge in [0.15, 0.2) is 11.6 Å². The molecule has 0 atom stereocenters. The van der Waals surface area contributed by atoms with Gasteiger partial charge in [-0.15, -0.1) is 0 Å². The van der Waals surface area contributed by atoms with Crippen molar-refractivity contribution in [3.8, 4) is 0 Å². The average molecular weight is 256 g/mol. The zero-order valence-corrected chi connectivity index (χ0v) is 10.9. The van der Waals surface area contributed by atoms with Crippen molar-refractivity contribution in [3.05, 3.63) is 35.4 Å². The van der Waals surface area contributed by atoms with Crippen LogP contribution in [0.15, 0.2) is 18.2 Å². The lowest BCUT2D eigenvalue weighted by atomic mass is 9.97. The van der Waals surface area contributed by atoms with Crippen LogP contribution in [0, 0.1) is 11.6 Å². The summed E-state index contributed by atoms with van der Waals surface area (Å²) >= 11 is 0. The molecule has 0 aliphatic heterocycles. The van der Waals surface area contributed by atoms with E-state index >= 15 is 0 Å². The summed E-state index contributed by atoms with van der Waals surface area (Å²) in [5.41, 5.74) is -0.272. The van der Waals surface area contributed by atoms with Crippen LogP contribution in [0.3, 0.4) is 0 Å². The monoisotopic (exact) mass is 256 g/mol. The molecule has 0 saturated heterocycles. The highest BCUT2D eigenvalue weighted by atomic mass is 19.2. The molecule has 1 aromatic rings. The number of carbonyl (C=O) groups is 1. The largest absolute Gasteiger partial charge is 0.379 e. The molecule has 0 heterocycles. The molecule has 2 nitrogen and oxygen atoms in total. The van der Waals surface area contributed by atoms with E-state index in [2.05, 4.69) is 0 Å². The molecule has 0 N–H and O–H groups in total. The summed E-state index contributed by atoms with van der Waals surface area (Å²) in [7, 11) is 1.58. The second-order valence-electron chi connectivity index (χ2n) is 4.89. The number of halogens is 2. The summed E-state index contributed by atoms with van der Waals surface area (Å²) in [5.74, 6) is -1.97. The van der Waals surface area contributed by atoms with Gasteiger partial charge in [-0.05, 0) is 31.9 Å². The van der Waals surface area contributed by atoms with Crippen LogP contribution < -0.4 is 0 Å². The van der Waals surface area contributed by atoms with E-state index in [1.165, 1.54) is 12.1 Å². The summed E-state index contributed by atoms with van der Waals surface area (Å²) < 4.78 is 31.5. The van der Waals surface area contributed by atoms with E-state index in [9.17, 15) is 13.6 Å². The van der Waals surface area contributed by atoms with Crippen molar-refractivity contribution in [1.29, 1.82) is 0 Å². The molecule has 0 spiro atoms. The Morgan fingerprint density at radius 2 is 2.00 bits per heavy atom. The number of rotatable bonds is 6. The first-order chi connectivity index (χ1) is 8.35. The standard InChI is InChI=1S/C14H18F2O2/c1-14(2,18-3)8-7-11(17)9-10-5-4-6-12(15)13(10)16/h4-6H,7-9H2,1-3H3. The third kappa shape index (κ3) is 4.18. The molecule has 0 unspecified atom stereocenters. The first-order valence-corrected chi connectivity index (χ1v) is 5.85. The zero-order chi connectivity index (χ0) is 13.8. The van der Waals surface area contributed by atoms with Gasteiger partial charge in [-0.25, -0.2) is 8.78 Å². The lowest BCUT2D eigenvalue weighted by Crippen LogP contribution is -2.23. The Morgan fingerprint density at radius 3 is 2.61 bits per heavy atom. The first kappa shape index (κ1) is 14.8. The Bertz CT molecular complexity index is 428. The van der Waals surface area contributed by atoms with Crippen LogP contribution in [0.1, 0.15) is 32.3 Å². The van der Waals surface area contributed by atoms with Gasteiger partial charge in [0, 0.05) is 20.0 Å². The SMILES string of the molecule is COC(C)(C)CCC(=O)Cc1cccc(F)c1F. The third-order valence-corrected chi connectivity index (χ3v) is 2.98. The first-order valence-electron chi connectivity index (χ1n) is 5.85. The van der Waals surface area contributed by atoms with E-state index < -0.39 is 11.6 Å². The normalized spacial score (nSPS) is 11.6. The van der Waals surface area contributed by atoms with Gasteiger partial charge in [0.2, 0.25) is 0 Å². The van der Waals surface area contributed by atoms with Gasteiger partial charge in [-0.3, -0.25) is 4.79 Å². The molecular weight excluding hydrogens is 238 g/mol. The van der Waals surface area contributed by atoms with Crippen LogP contribution in [0.25, 0.3) is 0 Å². The van der Waals surface area contributed by atoms with Crippen LogP contribution in [0.5, 0.6) is 0 Å². The van der Waals surface area contributed by atoms with Crippen LogP contribution in [-0.4, -0.2) is 18.5 Å². The Hall–Kier alpha value is -1.29. The third-order valence-electron chi connectivity index (χ3n) is 2.98. The molecule has 0 bridgehead atoms. The quantitative estimate of drug-likeness (QED) is 0.780. The number of ketones is 1. The molecule has 0 aliphatic carbocycles. The van der Waals surface area contributed by atoms with Gasteiger partial charge < -0.3 is 4.74 Å². The number of hydrogen-bond donors (Lipinski definition) is 0. The van der Waals surface area contributed by atoms with E-state index in [0.29, 0.717) is 6.42 Å². The van der Waals surface area contributed by atoms with Crippen molar-refractivity contribution in [1.82, 2.24) is 0 Å². The second-order valence-corrected chi connectivity index (χ2v) is 4.89. The fourth-order valence-electron chi connectivity index (χ4n) is 1.53. The van der Waals surface area contributed by atoms with E-state index in [0.717, 1.165) is 6.07 Å². The smallest absolute Gasteiger partial charge is 0.162 e. The number of carbonyl (C=O) groups excluding carboxylic acids is 1.